The zero-order valence-corrected chi connectivity index (χ0v) is 13.3. The van der Waals surface area contributed by atoms with Gasteiger partial charge in [-0.2, -0.15) is 13.2 Å². The molecular formula is C18H17F3N2O2. The number of aliphatic carboxylic acids is 1. The van der Waals surface area contributed by atoms with Gasteiger partial charge in [0.1, 0.15) is 6.04 Å². The fourth-order valence-corrected chi connectivity index (χ4v) is 3.08. The van der Waals surface area contributed by atoms with Crippen LogP contribution in [0, 0.1) is 0 Å². The topological polar surface area (TPSA) is 66.6 Å². The third kappa shape index (κ3) is 3.76. The van der Waals surface area contributed by atoms with E-state index >= 15 is 0 Å². The van der Waals surface area contributed by atoms with Crippen LogP contribution < -0.4 is 5.73 Å². The number of halogens is 3. The van der Waals surface area contributed by atoms with Gasteiger partial charge in [0.15, 0.2) is 0 Å². The molecule has 2 aromatic carbocycles. The second-order valence-corrected chi connectivity index (χ2v) is 6.19. The molecule has 0 amide bonds. The summed E-state index contributed by atoms with van der Waals surface area (Å²) in [7, 11) is 0. The standard InChI is InChI=1S/C18H17F3N2O2/c19-18(20,21)14-4-3-12-8-16(17(24)25)23(10-13(12)7-14)9-11-1-5-15(22)6-2-11/h1-7,16H,8-10,22H2,(H,24,25). The van der Waals surface area contributed by atoms with Crippen molar-refractivity contribution in [2.75, 3.05) is 5.73 Å². The Morgan fingerprint density at radius 2 is 1.84 bits per heavy atom. The van der Waals surface area contributed by atoms with Gasteiger partial charge in [0.05, 0.1) is 5.56 Å². The molecule has 0 saturated carbocycles. The van der Waals surface area contributed by atoms with Crippen molar-refractivity contribution < 1.29 is 23.1 Å². The number of carbonyl (C=O) groups is 1. The molecule has 4 nitrogen and oxygen atoms in total. The Morgan fingerprint density at radius 1 is 1.16 bits per heavy atom. The zero-order valence-electron chi connectivity index (χ0n) is 13.3. The molecule has 0 aliphatic carbocycles. The molecule has 1 aliphatic rings. The quantitative estimate of drug-likeness (QED) is 0.834. The number of carboxylic acids is 1. The fourth-order valence-electron chi connectivity index (χ4n) is 3.08. The summed E-state index contributed by atoms with van der Waals surface area (Å²) in [6, 6.07) is 9.73. The molecule has 0 aromatic heterocycles. The first-order valence-corrected chi connectivity index (χ1v) is 7.74. The first-order chi connectivity index (χ1) is 11.7. The van der Waals surface area contributed by atoms with Crippen LogP contribution in [0.1, 0.15) is 22.3 Å². The maximum Gasteiger partial charge on any atom is 0.416 e. The number of anilines is 1. The van der Waals surface area contributed by atoms with Crippen LogP contribution in [0.3, 0.4) is 0 Å². The van der Waals surface area contributed by atoms with Gasteiger partial charge in [-0.3, -0.25) is 9.69 Å². The van der Waals surface area contributed by atoms with Crippen LogP contribution in [0.4, 0.5) is 18.9 Å². The molecule has 1 heterocycles. The van der Waals surface area contributed by atoms with Gasteiger partial charge in [-0.05, 0) is 47.4 Å². The Morgan fingerprint density at radius 3 is 2.44 bits per heavy atom. The molecule has 1 unspecified atom stereocenters. The number of nitrogen functional groups attached to an aromatic ring is 1. The van der Waals surface area contributed by atoms with Crippen LogP contribution in [-0.2, 0) is 30.5 Å². The first kappa shape index (κ1) is 17.3. The summed E-state index contributed by atoms with van der Waals surface area (Å²) in [4.78, 5) is 13.3. The van der Waals surface area contributed by atoms with Crippen LogP contribution in [0.15, 0.2) is 42.5 Å². The van der Waals surface area contributed by atoms with Gasteiger partial charge in [-0.25, -0.2) is 0 Å². The number of benzene rings is 2. The SMILES string of the molecule is Nc1ccc(CN2Cc3cc(C(F)(F)F)ccc3CC2C(=O)O)cc1. The summed E-state index contributed by atoms with van der Waals surface area (Å²) in [5, 5.41) is 9.50. The predicted molar refractivity (Wildman–Crippen MR) is 86.7 cm³/mol. The zero-order chi connectivity index (χ0) is 18.2. The highest BCUT2D eigenvalue weighted by molar-refractivity contribution is 5.74. The molecule has 3 N–H and O–H groups in total. The number of nitrogens with zero attached hydrogens (tertiary/aromatic N) is 1. The van der Waals surface area contributed by atoms with Crippen molar-refractivity contribution in [1.82, 2.24) is 4.90 Å². The molecule has 1 atom stereocenters. The summed E-state index contributed by atoms with van der Waals surface area (Å²) in [6.07, 6.45) is -4.24. The minimum Gasteiger partial charge on any atom is -0.480 e. The van der Waals surface area contributed by atoms with E-state index in [1.807, 2.05) is 0 Å². The van der Waals surface area contributed by atoms with Gasteiger partial charge in [0.25, 0.3) is 0 Å². The van der Waals surface area contributed by atoms with E-state index in [0.717, 1.165) is 17.7 Å². The van der Waals surface area contributed by atoms with E-state index in [1.165, 1.54) is 6.07 Å². The van der Waals surface area contributed by atoms with Crippen molar-refractivity contribution in [3.8, 4) is 0 Å². The Hall–Kier alpha value is -2.54. The average molecular weight is 350 g/mol. The van der Waals surface area contributed by atoms with E-state index < -0.39 is 23.8 Å². The average Bonchev–Trinajstić information content (AvgIpc) is 2.54. The van der Waals surface area contributed by atoms with Crippen molar-refractivity contribution in [3.05, 3.63) is 64.7 Å². The highest BCUT2D eigenvalue weighted by Crippen LogP contribution is 2.33. The highest BCUT2D eigenvalue weighted by Gasteiger charge is 2.35. The number of fused-ring (bicyclic) bond motifs is 1. The van der Waals surface area contributed by atoms with Crippen molar-refractivity contribution in [3.63, 3.8) is 0 Å². The van der Waals surface area contributed by atoms with Gasteiger partial charge >= 0.3 is 12.1 Å². The minimum atomic E-state index is -4.42. The Balaban J connectivity index is 1.90. The minimum absolute atomic E-state index is 0.153. The molecule has 0 bridgehead atoms. The van der Waals surface area contributed by atoms with Gasteiger partial charge in [0, 0.05) is 18.8 Å². The Bertz CT molecular complexity index is 788. The van der Waals surface area contributed by atoms with Crippen LogP contribution in [0.2, 0.25) is 0 Å². The monoisotopic (exact) mass is 350 g/mol. The lowest BCUT2D eigenvalue weighted by atomic mass is 9.92. The summed E-state index contributed by atoms with van der Waals surface area (Å²) in [6.45, 7) is 0.480. The van der Waals surface area contributed by atoms with Crippen molar-refractivity contribution in [1.29, 1.82) is 0 Å². The van der Waals surface area contributed by atoms with Crippen molar-refractivity contribution >= 4 is 11.7 Å². The van der Waals surface area contributed by atoms with Gasteiger partial charge in [-0.1, -0.05) is 18.2 Å². The van der Waals surface area contributed by atoms with Crippen molar-refractivity contribution in [2.24, 2.45) is 0 Å². The van der Waals surface area contributed by atoms with Crippen LogP contribution >= 0.6 is 0 Å². The lowest BCUT2D eigenvalue weighted by Gasteiger charge is -2.34. The normalized spacial score (nSPS) is 18.0. The number of nitrogens with two attached hydrogens (primary N) is 1. The highest BCUT2D eigenvalue weighted by atomic mass is 19.4. The molecule has 0 fully saturated rings. The smallest absolute Gasteiger partial charge is 0.416 e. The fraction of sp³-hybridized carbons (Fsp3) is 0.278. The first-order valence-electron chi connectivity index (χ1n) is 7.74. The second kappa shape index (κ2) is 6.40. The lowest BCUT2D eigenvalue weighted by molar-refractivity contribution is -0.144. The van der Waals surface area contributed by atoms with Crippen LogP contribution in [0.25, 0.3) is 0 Å². The predicted octanol–water partition coefficient (Wildman–Crippen LogP) is 3.30. The summed E-state index contributed by atoms with van der Waals surface area (Å²) in [5.74, 6) is -0.985. The molecule has 0 spiro atoms. The lowest BCUT2D eigenvalue weighted by Crippen LogP contribution is -2.45. The van der Waals surface area contributed by atoms with E-state index in [2.05, 4.69) is 0 Å². The Kier molecular flexibility index (Phi) is 4.43. The number of hydrogen-bond donors (Lipinski definition) is 2. The summed E-state index contributed by atoms with van der Waals surface area (Å²) >= 11 is 0. The largest absolute Gasteiger partial charge is 0.480 e. The van der Waals surface area contributed by atoms with Crippen LogP contribution in [-0.4, -0.2) is 22.0 Å². The number of carboxylic acid groups (broad SMARTS) is 1. The molecule has 25 heavy (non-hydrogen) atoms. The van der Waals surface area contributed by atoms with E-state index in [4.69, 9.17) is 5.73 Å². The van der Waals surface area contributed by atoms with Gasteiger partial charge in [-0.15, -0.1) is 0 Å². The molecule has 1 aliphatic heterocycles. The van der Waals surface area contributed by atoms with E-state index in [1.54, 1.807) is 29.2 Å². The van der Waals surface area contributed by atoms with Crippen LogP contribution in [0.5, 0.6) is 0 Å². The third-order valence-corrected chi connectivity index (χ3v) is 4.41. The number of alkyl halides is 3. The summed E-state index contributed by atoms with van der Waals surface area (Å²) in [5.41, 5.74) is 7.54. The van der Waals surface area contributed by atoms with E-state index in [9.17, 15) is 23.1 Å². The molecule has 0 radical (unpaired) electrons. The molecule has 7 heteroatoms. The summed E-state index contributed by atoms with van der Waals surface area (Å²) < 4.78 is 38.8. The van der Waals surface area contributed by atoms with E-state index in [0.29, 0.717) is 23.4 Å². The Labute approximate surface area is 142 Å². The maximum atomic E-state index is 12.9. The third-order valence-electron chi connectivity index (χ3n) is 4.41. The molecular weight excluding hydrogens is 333 g/mol. The van der Waals surface area contributed by atoms with Crippen molar-refractivity contribution in [2.45, 2.75) is 31.7 Å². The molecule has 3 rings (SSSR count). The van der Waals surface area contributed by atoms with E-state index in [-0.39, 0.29) is 13.0 Å². The van der Waals surface area contributed by atoms with Gasteiger partial charge < -0.3 is 10.8 Å². The second-order valence-electron chi connectivity index (χ2n) is 6.19. The molecule has 132 valence electrons. The number of hydrogen-bond acceptors (Lipinski definition) is 3. The maximum absolute atomic E-state index is 12.9. The number of rotatable bonds is 3. The van der Waals surface area contributed by atoms with Gasteiger partial charge in [0.2, 0.25) is 0 Å². The molecule has 0 saturated heterocycles. The molecule has 2 aromatic rings.